The highest BCUT2D eigenvalue weighted by Gasteiger charge is 2.50. The van der Waals surface area contributed by atoms with Gasteiger partial charge in [-0.15, -0.1) is 12.4 Å². The van der Waals surface area contributed by atoms with E-state index in [1.807, 2.05) is 26.0 Å². The van der Waals surface area contributed by atoms with Gasteiger partial charge in [0.1, 0.15) is 17.3 Å². The van der Waals surface area contributed by atoms with Crippen molar-refractivity contribution in [2.75, 3.05) is 58.4 Å². The Morgan fingerprint density at radius 2 is 1.46 bits per heavy atom. The number of imide groups is 1. The zero-order chi connectivity index (χ0) is 24.2. The molecule has 9 heteroatoms. The van der Waals surface area contributed by atoms with Gasteiger partial charge in [-0.3, -0.25) is 19.4 Å². The lowest BCUT2D eigenvalue weighted by atomic mass is 9.83. The highest BCUT2D eigenvalue weighted by Crippen LogP contribution is 2.41. The van der Waals surface area contributed by atoms with E-state index in [2.05, 4.69) is 21.9 Å². The number of amides is 2. The molecule has 1 aliphatic carbocycles. The molecule has 3 aliphatic rings. The van der Waals surface area contributed by atoms with Crippen molar-refractivity contribution >= 4 is 29.9 Å². The number of carbonyl (C=O) groups is 2. The number of para-hydroxylation sites is 2. The average Bonchev–Trinajstić information content (AvgIpc) is 3.07. The molecule has 194 valence electrons. The molecule has 8 nitrogen and oxygen atoms in total. The molecular formula is C26H38ClN3O5. The highest BCUT2D eigenvalue weighted by molar-refractivity contribution is 6.05. The van der Waals surface area contributed by atoms with Gasteiger partial charge in [0.15, 0.2) is 0 Å². The number of piperazine rings is 1. The van der Waals surface area contributed by atoms with Gasteiger partial charge in [-0.2, -0.15) is 0 Å². The van der Waals surface area contributed by atoms with E-state index >= 15 is 0 Å². The van der Waals surface area contributed by atoms with Gasteiger partial charge in [-0.05, 0) is 38.9 Å². The van der Waals surface area contributed by atoms with Crippen molar-refractivity contribution in [3.05, 3.63) is 35.8 Å². The van der Waals surface area contributed by atoms with Gasteiger partial charge >= 0.3 is 0 Å². The molecular weight excluding hydrogens is 470 g/mol. The molecule has 0 aromatic heterocycles. The molecule has 2 atom stereocenters. The summed E-state index contributed by atoms with van der Waals surface area (Å²) in [5.41, 5.74) is 1.14. The SMILES string of the molecule is COC1=C(OC)CC2C(=O)N(CCCN3CCN(c4ccccc4OC(C)C)CC3)C(=O)C2C1.Cl. The quantitative estimate of drug-likeness (QED) is 0.475. The average molecular weight is 508 g/mol. The summed E-state index contributed by atoms with van der Waals surface area (Å²) in [6.45, 7) is 9.18. The lowest BCUT2D eigenvalue weighted by Crippen LogP contribution is -2.47. The summed E-state index contributed by atoms with van der Waals surface area (Å²) in [5, 5.41) is 0. The number of anilines is 1. The number of rotatable bonds is 9. The minimum atomic E-state index is -0.321. The summed E-state index contributed by atoms with van der Waals surface area (Å²) in [6, 6.07) is 8.22. The van der Waals surface area contributed by atoms with Gasteiger partial charge in [0, 0.05) is 45.6 Å². The molecule has 2 fully saturated rings. The van der Waals surface area contributed by atoms with Crippen molar-refractivity contribution in [1.29, 1.82) is 0 Å². The van der Waals surface area contributed by atoms with E-state index in [1.165, 1.54) is 4.90 Å². The first-order valence-electron chi connectivity index (χ1n) is 12.3. The number of halogens is 1. The molecule has 2 unspecified atom stereocenters. The second-order valence-electron chi connectivity index (χ2n) is 9.52. The maximum absolute atomic E-state index is 13.0. The summed E-state index contributed by atoms with van der Waals surface area (Å²) in [5.74, 6) is 1.53. The van der Waals surface area contributed by atoms with Crippen molar-refractivity contribution < 1.29 is 23.8 Å². The van der Waals surface area contributed by atoms with E-state index in [0.717, 1.165) is 50.6 Å². The predicted octanol–water partition coefficient (Wildman–Crippen LogP) is 3.31. The Bertz CT molecular complexity index is 895. The third-order valence-electron chi connectivity index (χ3n) is 7.06. The smallest absolute Gasteiger partial charge is 0.233 e. The van der Waals surface area contributed by atoms with Crippen LogP contribution in [0.15, 0.2) is 35.8 Å². The Balaban J connectivity index is 0.00000342. The molecule has 0 radical (unpaired) electrons. The molecule has 1 aromatic carbocycles. The zero-order valence-electron chi connectivity index (χ0n) is 21.2. The van der Waals surface area contributed by atoms with Gasteiger partial charge in [0.05, 0.1) is 37.8 Å². The van der Waals surface area contributed by atoms with Gasteiger partial charge in [0.25, 0.3) is 0 Å². The summed E-state index contributed by atoms with van der Waals surface area (Å²) in [6.07, 6.45) is 1.80. The molecule has 0 bridgehead atoms. The molecule has 4 rings (SSSR count). The number of carbonyl (C=O) groups excluding carboxylic acids is 2. The van der Waals surface area contributed by atoms with E-state index in [0.29, 0.717) is 30.9 Å². The summed E-state index contributed by atoms with van der Waals surface area (Å²) < 4.78 is 16.8. The van der Waals surface area contributed by atoms with Gasteiger partial charge in [-0.1, -0.05) is 12.1 Å². The number of ether oxygens (including phenoxy) is 3. The van der Waals surface area contributed by atoms with E-state index in [4.69, 9.17) is 14.2 Å². The molecule has 2 aliphatic heterocycles. The molecule has 2 saturated heterocycles. The minimum absolute atomic E-state index is 0. The van der Waals surface area contributed by atoms with Crippen LogP contribution in [0.4, 0.5) is 5.69 Å². The summed E-state index contributed by atoms with van der Waals surface area (Å²) in [4.78, 5) is 32.2. The number of hydrogen-bond acceptors (Lipinski definition) is 7. The molecule has 0 N–H and O–H groups in total. The normalized spacial score (nSPS) is 22.9. The number of hydrogen-bond donors (Lipinski definition) is 0. The number of benzene rings is 1. The lowest BCUT2D eigenvalue weighted by Gasteiger charge is -2.37. The Kier molecular flexibility index (Phi) is 9.30. The van der Waals surface area contributed by atoms with Crippen molar-refractivity contribution in [3.8, 4) is 5.75 Å². The van der Waals surface area contributed by atoms with Crippen molar-refractivity contribution in [3.63, 3.8) is 0 Å². The largest absolute Gasteiger partial charge is 0.498 e. The monoisotopic (exact) mass is 507 g/mol. The maximum atomic E-state index is 13.0. The van der Waals surface area contributed by atoms with Gasteiger partial charge in [-0.25, -0.2) is 0 Å². The van der Waals surface area contributed by atoms with Crippen molar-refractivity contribution in [2.24, 2.45) is 11.8 Å². The second-order valence-corrected chi connectivity index (χ2v) is 9.52. The van der Waals surface area contributed by atoms with Crippen LogP contribution in [0.3, 0.4) is 0 Å². The van der Waals surface area contributed by atoms with Crippen LogP contribution >= 0.6 is 12.4 Å². The summed E-state index contributed by atoms with van der Waals surface area (Å²) >= 11 is 0. The van der Waals surface area contributed by atoms with Gasteiger partial charge < -0.3 is 19.1 Å². The van der Waals surface area contributed by atoms with E-state index in [-0.39, 0.29) is 42.2 Å². The highest BCUT2D eigenvalue weighted by atomic mass is 35.5. The molecule has 2 amide bonds. The second kappa shape index (κ2) is 12.0. The van der Waals surface area contributed by atoms with Crippen molar-refractivity contribution in [2.45, 2.75) is 39.2 Å². The minimum Gasteiger partial charge on any atom is -0.498 e. The van der Waals surface area contributed by atoms with Crippen LogP contribution in [0.25, 0.3) is 0 Å². The Labute approximate surface area is 214 Å². The predicted molar refractivity (Wildman–Crippen MR) is 137 cm³/mol. The molecule has 0 saturated carbocycles. The third kappa shape index (κ3) is 5.86. The molecule has 35 heavy (non-hydrogen) atoms. The first-order valence-corrected chi connectivity index (χ1v) is 12.3. The Morgan fingerprint density at radius 1 is 0.886 bits per heavy atom. The number of likely N-dealkylation sites (tertiary alicyclic amines) is 1. The van der Waals surface area contributed by atoms with E-state index < -0.39 is 0 Å². The van der Waals surface area contributed by atoms with Gasteiger partial charge in [0.2, 0.25) is 11.8 Å². The molecule has 1 aromatic rings. The van der Waals surface area contributed by atoms with Crippen LogP contribution < -0.4 is 9.64 Å². The van der Waals surface area contributed by atoms with E-state index in [1.54, 1.807) is 14.2 Å². The summed E-state index contributed by atoms with van der Waals surface area (Å²) in [7, 11) is 3.17. The fourth-order valence-corrected chi connectivity index (χ4v) is 5.29. The Hall–Kier alpha value is -2.45. The van der Waals surface area contributed by atoms with Crippen LogP contribution in [-0.4, -0.2) is 81.2 Å². The van der Waals surface area contributed by atoms with Crippen LogP contribution in [0.5, 0.6) is 5.75 Å². The number of allylic oxidation sites excluding steroid dienone is 2. The number of nitrogens with zero attached hydrogens (tertiary/aromatic N) is 3. The van der Waals surface area contributed by atoms with Crippen LogP contribution in [0.1, 0.15) is 33.1 Å². The van der Waals surface area contributed by atoms with Crippen LogP contribution in [-0.2, 0) is 19.1 Å². The first-order chi connectivity index (χ1) is 16.4. The first kappa shape index (κ1) is 27.1. The Morgan fingerprint density at radius 3 is 2.00 bits per heavy atom. The lowest BCUT2D eigenvalue weighted by molar-refractivity contribution is -0.140. The van der Waals surface area contributed by atoms with Crippen LogP contribution in [0.2, 0.25) is 0 Å². The topological polar surface area (TPSA) is 71.6 Å². The number of methoxy groups -OCH3 is 2. The fraction of sp³-hybridized carbons (Fsp3) is 0.615. The zero-order valence-corrected chi connectivity index (χ0v) is 22.0. The van der Waals surface area contributed by atoms with E-state index in [9.17, 15) is 9.59 Å². The van der Waals surface area contributed by atoms with Crippen molar-refractivity contribution in [1.82, 2.24) is 9.80 Å². The third-order valence-corrected chi connectivity index (χ3v) is 7.06. The van der Waals surface area contributed by atoms with Crippen LogP contribution in [0, 0.1) is 11.8 Å². The number of fused-ring (bicyclic) bond motifs is 1. The standard InChI is InChI=1S/C26H37N3O5.ClH/c1-18(2)34-22-9-6-5-8-21(22)28-14-12-27(13-15-28)10-7-11-29-25(30)19-16-23(32-3)24(33-4)17-20(19)26(29)31;/h5-6,8-9,18-20H,7,10-17H2,1-4H3;1H. The fourth-order valence-electron chi connectivity index (χ4n) is 5.29. The molecule has 0 spiro atoms. The maximum Gasteiger partial charge on any atom is 0.233 e. The molecule has 2 heterocycles.